The molecule has 0 aromatic heterocycles. The van der Waals surface area contributed by atoms with Crippen LogP contribution in [-0.2, 0) is 14.6 Å². The summed E-state index contributed by atoms with van der Waals surface area (Å²) in [6.45, 7) is 2.04. The Morgan fingerprint density at radius 3 is 2.65 bits per heavy atom. The topological polar surface area (TPSA) is 74.7 Å². The van der Waals surface area contributed by atoms with Crippen LogP contribution >= 0.6 is 0 Å². The zero-order valence-electron chi connectivity index (χ0n) is 10.4. The van der Waals surface area contributed by atoms with E-state index in [0.29, 0.717) is 25.8 Å². The summed E-state index contributed by atoms with van der Waals surface area (Å²) in [6, 6.07) is 0. The maximum absolute atomic E-state index is 12.0. The molecule has 1 aliphatic heterocycles. The monoisotopic (exact) mass is 263 g/mol. The number of aliphatic hydroxyl groups excluding tert-OH is 1. The predicted octanol–water partition coefficient (Wildman–Crippen LogP) is 0.183. The van der Waals surface area contributed by atoms with Crippen molar-refractivity contribution in [2.24, 2.45) is 0 Å². The number of carbonyl (C=O) groups is 1. The number of rotatable bonds is 4. The van der Waals surface area contributed by atoms with Gasteiger partial charge in [0.25, 0.3) is 0 Å². The highest BCUT2D eigenvalue weighted by atomic mass is 32.2. The lowest BCUT2D eigenvalue weighted by Gasteiger charge is -2.26. The van der Waals surface area contributed by atoms with E-state index in [1.807, 2.05) is 0 Å². The Kier molecular flexibility index (Phi) is 4.94. The predicted molar refractivity (Wildman–Crippen MR) is 65.4 cm³/mol. The molecule has 0 radical (unpaired) electrons. The molecule has 17 heavy (non-hydrogen) atoms. The van der Waals surface area contributed by atoms with E-state index in [2.05, 4.69) is 0 Å². The summed E-state index contributed by atoms with van der Waals surface area (Å²) < 4.78 is 23.5. The van der Waals surface area contributed by atoms with Gasteiger partial charge in [-0.05, 0) is 26.2 Å². The van der Waals surface area contributed by atoms with Crippen LogP contribution in [0.1, 0.15) is 32.6 Å². The average molecular weight is 263 g/mol. The quantitative estimate of drug-likeness (QED) is 0.785. The van der Waals surface area contributed by atoms with Gasteiger partial charge in [0.2, 0.25) is 5.91 Å². The lowest BCUT2D eigenvalue weighted by molar-refractivity contribution is -0.129. The van der Waals surface area contributed by atoms with Crippen LogP contribution in [0.4, 0.5) is 0 Å². The molecule has 6 heteroatoms. The molecule has 2 unspecified atom stereocenters. The van der Waals surface area contributed by atoms with Crippen molar-refractivity contribution in [2.75, 3.05) is 19.3 Å². The fourth-order valence-corrected chi connectivity index (χ4v) is 3.87. The van der Waals surface area contributed by atoms with E-state index >= 15 is 0 Å². The summed E-state index contributed by atoms with van der Waals surface area (Å²) in [5.74, 6) is -0.210. The number of hydrogen-bond acceptors (Lipinski definition) is 4. The summed E-state index contributed by atoms with van der Waals surface area (Å²) in [6.07, 6.45) is 1.87. The zero-order chi connectivity index (χ0) is 13.1. The van der Waals surface area contributed by atoms with E-state index in [-0.39, 0.29) is 11.7 Å². The van der Waals surface area contributed by atoms with Crippen molar-refractivity contribution in [3.63, 3.8) is 0 Å². The van der Waals surface area contributed by atoms with E-state index in [1.54, 1.807) is 14.0 Å². The Balaban J connectivity index is 2.62. The molecule has 5 nitrogen and oxygen atoms in total. The van der Waals surface area contributed by atoms with E-state index in [1.165, 1.54) is 4.90 Å². The Bertz CT molecular complexity index is 364. The maximum atomic E-state index is 12.0. The summed E-state index contributed by atoms with van der Waals surface area (Å²) >= 11 is 0. The molecule has 0 spiro atoms. The van der Waals surface area contributed by atoms with Gasteiger partial charge in [-0.25, -0.2) is 8.42 Å². The van der Waals surface area contributed by atoms with Crippen molar-refractivity contribution >= 4 is 15.7 Å². The zero-order valence-corrected chi connectivity index (χ0v) is 11.2. The first-order chi connectivity index (χ1) is 7.84. The van der Waals surface area contributed by atoms with E-state index < -0.39 is 21.2 Å². The maximum Gasteiger partial charge on any atom is 0.240 e. The lowest BCUT2D eigenvalue weighted by atomic mass is 10.1. The molecule has 1 saturated heterocycles. The summed E-state index contributed by atoms with van der Waals surface area (Å²) in [5, 5.41) is 8.27. The smallest absolute Gasteiger partial charge is 0.240 e. The molecule has 1 aliphatic rings. The first-order valence-corrected chi connectivity index (χ1v) is 7.71. The van der Waals surface area contributed by atoms with Gasteiger partial charge >= 0.3 is 0 Å². The van der Waals surface area contributed by atoms with Crippen molar-refractivity contribution in [3.05, 3.63) is 0 Å². The van der Waals surface area contributed by atoms with Crippen LogP contribution in [0.25, 0.3) is 0 Å². The summed E-state index contributed by atoms with van der Waals surface area (Å²) in [7, 11) is -1.67. The van der Waals surface area contributed by atoms with Crippen LogP contribution in [0.15, 0.2) is 0 Å². The van der Waals surface area contributed by atoms with Crippen molar-refractivity contribution in [3.8, 4) is 0 Å². The molecule has 1 rings (SSSR count). The van der Waals surface area contributed by atoms with Crippen molar-refractivity contribution in [1.29, 1.82) is 0 Å². The van der Waals surface area contributed by atoms with Crippen LogP contribution in [0, 0.1) is 0 Å². The van der Waals surface area contributed by atoms with Crippen LogP contribution in [0.5, 0.6) is 0 Å². The van der Waals surface area contributed by atoms with Gasteiger partial charge in [-0.3, -0.25) is 4.79 Å². The van der Waals surface area contributed by atoms with Crippen LogP contribution in [-0.4, -0.2) is 55.0 Å². The number of nitrogens with zero attached hydrogens (tertiary/aromatic N) is 1. The van der Waals surface area contributed by atoms with Crippen LogP contribution in [0.3, 0.4) is 0 Å². The number of carbonyl (C=O) groups excluding carboxylic acids is 1. The fourth-order valence-electron chi connectivity index (χ4n) is 1.97. The molecule has 100 valence electrons. The van der Waals surface area contributed by atoms with E-state index in [4.69, 9.17) is 5.11 Å². The molecule has 1 heterocycles. The van der Waals surface area contributed by atoms with Gasteiger partial charge in [-0.15, -0.1) is 0 Å². The fraction of sp³-hybridized carbons (Fsp3) is 0.909. The minimum atomic E-state index is -3.26. The number of sulfone groups is 1. The third-order valence-corrected chi connectivity index (χ3v) is 5.27. The molecule has 1 fully saturated rings. The molecule has 1 amide bonds. The Labute approximate surface area is 103 Å². The minimum Gasteiger partial charge on any atom is -0.393 e. The van der Waals surface area contributed by atoms with Crippen molar-refractivity contribution in [2.45, 2.75) is 44.0 Å². The number of amides is 1. The van der Waals surface area contributed by atoms with Crippen LogP contribution in [0.2, 0.25) is 0 Å². The van der Waals surface area contributed by atoms with Crippen molar-refractivity contribution in [1.82, 2.24) is 4.90 Å². The Morgan fingerprint density at radius 1 is 1.47 bits per heavy atom. The minimum absolute atomic E-state index is 0.119. The first kappa shape index (κ1) is 14.4. The number of hydrogen-bond donors (Lipinski definition) is 1. The second-order valence-electron chi connectivity index (χ2n) is 4.75. The second-order valence-corrected chi connectivity index (χ2v) is 7.05. The van der Waals surface area contributed by atoms with Gasteiger partial charge in [-0.1, -0.05) is 6.42 Å². The van der Waals surface area contributed by atoms with Crippen LogP contribution < -0.4 is 0 Å². The molecule has 2 atom stereocenters. The molecular weight excluding hydrogens is 242 g/mol. The third kappa shape index (κ3) is 3.96. The summed E-state index contributed by atoms with van der Waals surface area (Å²) in [5.41, 5.74) is 0. The number of aliphatic hydroxyl groups is 1. The molecule has 0 bridgehead atoms. The third-order valence-electron chi connectivity index (χ3n) is 3.11. The average Bonchev–Trinajstić information content (AvgIpc) is 2.24. The normalized spacial score (nSPS) is 25.2. The largest absolute Gasteiger partial charge is 0.393 e. The SMILES string of the molecule is CC(O)CCN(C)C(=O)C1CCCCS1(=O)=O. The van der Waals surface area contributed by atoms with Gasteiger partial charge in [-0.2, -0.15) is 0 Å². The second kappa shape index (κ2) is 5.82. The standard InChI is InChI=1S/C11H21NO4S/c1-9(13)6-7-12(2)11(14)10-5-3-4-8-17(10,15)16/h9-10,13H,3-8H2,1-2H3. The first-order valence-electron chi connectivity index (χ1n) is 5.99. The van der Waals surface area contributed by atoms with E-state index in [9.17, 15) is 13.2 Å². The highest BCUT2D eigenvalue weighted by Gasteiger charge is 2.36. The molecular formula is C11H21NO4S. The van der Waals surface area contributed by atoms with Crippen molar-refractivity contribution < 1.29 is 18.3 Å². The van der Waals surface area contributed by atoms with Gasteiger partial charge in [0.15, 0.2) is 9.84 Å². The lowest BCUT2D eigenvalue weighted by Crippen LogP contribution is -2.44. The summed E-state index contributed by atoms with van der Waals surface area (Å²) in [4.78, 5) is 13.4. The molecule has 0 aliphatic carbocycles. The van der Waals surface area contributed by atoms with E-state index in [0.717, 1.165) is 6.42 Å². The molecule has 1 N–H and O–H groups in total. The highest BCUT2D eigenvalue weighted by molar-refractivity contribution is 7.92. The molecule has 0 saturated carbocycles. The Hall–Kier alpha value is -0.620. The Morgan fingerprint density at radius 2 is 2.12 bits per heavy atom. The molecule has 0 aromatic carbocycles. The highest BCUT2D eigenvalue weighted by Crippen LogP contribution is 2.21. The van der Waals surface area contributed by atoms with Gasteiger partial charge in [0, 0.05) is 13.6 Å². The van der Waals surface area contributed by atoms with Gasteiger partial charge in [0.05, 0.1) is 11.9 Å². The molecule has 0 aromatic rings. The van der Waals surface area contributed by atoms with Gasteiger partial charge in [0.1, 0.15) is 5.25 Å². The van der Waals surface area contributed by atoms with Gasteiger partial charge < -0.3 is 10.0 Å².